The number of hydrogen-bond acceptors (Lipinski definition) is 7. The lowest BCUT2D eigenvalue weighted by Gasteiger charge is -2.60. The summed E-state index contributed by atoms with van der Waals surface area (Å²) in [7, 11) is 0. The van der Waals surface area contributed by atoms with Gasteiger partial charge in [0.2, 0.25) is 0 Å². The van der Waals surface area contributed by atoms with Crippen molar-refractivity contribution in [2.24, 2.45) is 39.4 Å². The van der Waals surface area contributed by atoms with Crippen molar-refractivity contribution in [1.82, 2.24) is 0 Å². The number of fused-ring (bicyclic) bond motifs is 4. The van der Waals surface area contributed by atoms with E-state index in [9.17, 15) is 39.3 Å². The van der Waals surface area contributed by atoms with Crippen molar-refractivity contribution in [1.29, 1.82) is 0 Å². The van der Waals surface area contributed by atoms with Crippen LogP contribution in [0.15, 0.2) is 11.1 Å². The van der Waals surface area contributed by atoms with Crippen LogP contribution in [0.2, 0.25) is 0 Å². The molecule has 4 aliphatic carbocycles. The Hall–Kier alpha value is -2.19. The molecule has 210 valence electrons. The molecule has 0 radical (unpaired) electrons. The van der Waals surface area contributed by atoms with Gasteiger partial charge in [0.1, 0.15) is 17.3 Å². The summed E-state index contributed by atoms with van der Waals surface area (Å²) < 4.78 is 0. The Bertz CT molecular complexity index is 1160. The molecule has 0 bridgehead atoms. The highest BCUT2D eigenvalue weighted by Crippen LogP contribution is 2.70. The summed E-state index contributed by atoms with van der Waals surface area (Å²) in [5, 5.41) is 32.4. The lowest BCUT2D eigenvalue weighted by molar-refractivity contribution is -0.150. The minimum atomic E-state index is -1.65. The molecule has 2 saturated carbocycles. The normalized spacial score (nSPS) is 40.7. The SMILES string of the molecule is CC(CC(=O)C[C@](C)(O)[C@H]1CC(=O)[C@@]2(C)C3=C(C(=O)C[C@]12C)[C@@]1(C)CCC(=O)C(C)(C)[C@@H]1C[C@@H]3O)C(=O)O. The van der Waals surface area contributed by atoms with Crippen LogP contribution in [0.3, 0.4) is 0 Å². The van der Waals surface area contributed by atoms with Gasteiger partial charge in [-0.15, -0.1) is 0 Å². The molecule has 0 amide bonds. The van der Waals surface area contributed by atoms with Crippen LogP contribution < -0.4 is 0 Å². The number of aliphatic hydroxyl groups is 2. The molecular weight excluding hydrogens is 488 g/mol. The zero-order valence-corrected chi connectivity index (χ0v) is 23.6. The average Bonchev–Trinajstić information content (AvgIpc) is 2.99. The highest BCUT2D eigenvalue weighted by atomic mass is 16.4. The summed E-state index contributed by atoms with van der Waals surface area (Å²) in [6.07, 6.45) is -0.624. The third-order valence-corrected chi connectivity index (χ3v) is 11.3. The largest absolute Gasteiger partial charge is 0.481 e. The van der Waals surface area contributed by atoms with E-state index in [1.165, 1.54) is 13.8 Å². The number of allylic oxidation sites excluding steroid dienone is 1. The van der Waals surface area contributed by atoms with E-state index in [1.807, 2.05) is 20.8 Å². The first-order chi connectivity index (χ1) is 17.2. The second-order valence-electron chi connectivity index (χ2n) is 14.0. The van der Waals surface area contributed by atoms with Crippen LogP contribution in [0.5, 0.6) is 0 Å². The topological polar surface area (TPSA) is 146 Å². The van der Waals surface area contributed by atoms with E-state index in [0.717, 1.165) is 0 Å². The van der Waals surface area contributed by atoms with E-state index in [2.05, 4.69) is 0 Å². The Balaban J connectivity index is 1.79. The molecule has 4 rings (SSSR count). The van der Waals surface area contributed by atoms with Crippen LogP contribution in [0.1, 0.15) is 93.4 Å². The first kappa shape index (κ1) is 28.8. The number of carbonyl (C=O) groups is 5. The van der Waals surface area contributed by atoms with Gasteiger partial charge >= 0.3 is 5.97 Å². The highest BCUT2D eigenvalue weighted by Gasteiger charge is 2.71. The van der Waals surface area contributed by atoms with Gasteiger partial charge in [-0.1, -0.05) is 34.6 Å². The number of carboxylic acid groups (broad SMARTS) is 1. The van der Waals surface area contributed by atoms with Gasteiger partial charge in [0, 0.05) is 54.4 Å². The number of aliphatic hydroxyl groups excluding tert-OH is 1. The second-order valence-corrected chi connectivity index (χ2v) is 14.0. The van der Waals surface area contributed by atoms with Gasteiger partial charge in [-0.05, 0) is 43.6 Å². The van der Waals surface area contributed by atoms with E-state index in [0.29, 0.717) is 24.0 Å². The summed E-state index contributed by atoms with van der Waals surface area (Å²) in [5.41, 5.74) is -4.36. The summed E-state index contributed by atoms with van der Waals surface area (Å²) in [6, 6.07) is 0. The van der Waals surface area contributed by atoms with Gasteiger partial charge in [0.25, 0.3) is 0 Å². The van der Waals surface area contributed by atoms with Crippen LogP contribution in [0.4, 0.5) is 0 Å². The Morgan fingerprint density at radius 1 is 1.08 bits per heavy atom. The number of rotatable bonds is 6. The summed E-state index contributed by atoms with van der Waals surface area (Å²) in [5.74, 6) is -3.63. The lowest BCUT2D eigenvalue weighted by Crippen LogP contribution is -2.60. The molecule has 0 heterocycles. The number of ketones is 4. The van der Waals surface area contributed by atoms with E-state index >= 15 is 0 Å². The smallest absolute Gasteiger partial charge is 0.306 e. The maximum atomic E-state index is 14.1. The first-order valence-electron chi connectivity index (χ1n) is 13.7. The third kappa shape index (κ3) is 3.73. The summed E-state index contributed by atoms with van der Waals surface area (Å²) in [6.45, 7) is 12.2. The Morgan fingerprint density at radius 3 is 2.26 bits per heavy atom. The van der Waals surface area contributed by atoms with Gasteiger partial charge in [-0.3, -0.25) is 24.0 Å². The summed E-state index contributed by atoms with van der Waals surface area (Å²) >= 11 is 0. The monoisotopic (exact) mass is 530 g/mol. The second kappa shape index (κ2) is 8.65. The van der Waals surface area contributed by atoms with Crippen molar-refractivity contribution >= 4 is 29.1 Å². The summed E-state index contributed by atoms with van der Waals surface area (Å²) in [4.78, 5) is 64.8. The van der Waals surface area contributed by atoms with Gasteiger partial charge in [0.15, 0.2) is 5.78 Å². The Labute approximate surface area is 224 Å². The fraction of sp³-hybridized carbons (Fsp3) is 0.767. The van der Waals surface area contributed by atoms with Crippen molar-refractivity contribution in [3.8, 4) is 0 Å². The number of aliphatic carboxylic acids is 1. The molecule has 3 N–H and O–H groups in total. The van der Waals surface area contributed by atoms with E-state index in [-0.39, 0.29) is 55.4 Å². The molecule has 0 saturated heterocycles. The number of carbonyl (C=O) groups excluding carboxylic acids is 4. The van der Waals surface area contributed by atoms with Gasteiger partial charge < -0.3 is 15.3 Å². The first-order valence-corrected chi connectivity index (χ1v) is 13.7. The zero-order chi connectivity index (χ0) is 28.8. The zero-order valence-electron chi connectivity index (χ0n) is 23.6. The molecule has 0 aliphatic heterocycles. The maximum Gasteiger partial charge on any atom is 0.306 e. The van der Waals surface area contributed by atoms with E-state index in [4.69, 9.17) is 0 Å². The quantitative estimate of drug-likeness (QED) is 0.473. The Kier molecular flexibility index (Phi) is 6.56. The van der Waals surface area contributed by atoms with Crippen LogP contribution >= 0.6 is 0 Å². The molecular formula is C30H42O8. The molecule has 0 aromatic carbocycles. The molecule has 0 aromatic heterocycles. The standard InChI is InChI=1S/C30H42O8/c1-15(25(36)37)10-16(31)13-29(6,38)20-12-22(35)30(7)24-17(32)11-19-26(2,3)21(34)8-9-27(19,4)23(24)18(33)14-28(20,30)5/h15,17,19-20,32,38H,8-14H2,1-7H3,(H,36,37)/t15?,17-,19-,20-,27-,28+,29-,30-/m0/s1. The molecule has 8 heteroatoms. The van der Waals surface area contributed by atoms with Gasteiger partial charge in [-0.2, -0.15) is 0 Å². The Morgan fingerprint density at radius 2 is 1.68 bits per heavy atom. The van der Waals surface area contributed by atoms with E-state index in [1.54, 1.807) is 13.8 Å². The van der Waals surface area contributed by atoms with Crippen LogP contribution in [0, 0.1) is 39.4 Å². The molecule has 0 spiro atoms. The molecule has 0 aromatic rings. The predicted molar refractivity (Wildman–Crippen MR) is 138 cm³/mol. The van der Waals surface area contributed by atoms with Crippen molar-refractivity contribution in [3.05, 3.63) is 11.1 Å². The number of hydrogen-bond donors (Lipinski definition) is 3. The maximum absolute atomic E-state index is 14.1. The lowest BCUT2D eigenvalue weighted by atomic mass is 9.42. The minimum absolute atomic E-state index is 0.0159. The van der Waals surface area contributed by atoms with Gasteiger partial charge in [0.05, 0.1) is 23.0 Å². The van der Waals surface area contributed by atoms with E-state index < -0.39 is 57.0 Å². The predicted octanol–water partition coefficient (Wildman–Crippen LogP) is 3.45. The third-order valence-electron chi connectivity index (χ3n) is 11.3. The molecule has 8 nitrogen and oxygen atoms in total. The average molecular weight is 531 g/mol. The van der Waals surface area contributed by atoms with Crippen molar-refractivity contribution in [2.45, 2.75) is 105 Å². The fourth-order valence-electron chi connectivity index (χ4n) is 8.97. The highest BCUT2D eigenvalue weighted by molar-refractivity contribution is 6.05. The fourth-order valence-corrected chi connectivity index (χ4v) is 8.97. The number of carboxylic acids is 1. The van der Waals surface area contributed by atoms with Crippen molar-refractivity contribution in [2.75, 3.05) is 0 Å². The number of Topliss-reactive ketones (excluding diaryl/α,β-unsaturated/α-hetero) is 4. The van der Waals surface area contributed by atoms with Crippen LogP contribution in [0.25, 0.3) is 0 Å². The molecule has 1 unspecified atom stereocenters. The van der Waals surface area contributed by atoms with Crippen molar-refractivity contribution in [3.63, 3.8) is 0 Å². The molecule has 4 aliphatic rings. The van der Waals surface area contributed by atoms with Crippen LogP contribution in [-0.4, -0.2) is 56.1 Å². The minimum Gasteiger partial charge on any atom is -0.481 e. The van der Waals surface area contributed by atoms with Crippen molar-refractivity contribution < 1.29 is 39.3 Å². The molecule has 8 atom stereocenters. The molecule has 38 heavy (non-hydrogen) atoms. The van der Waals surface area contributed by atoms with Gasteiger partial charge in [-0.25, -0.2) is 0 Å². The van der Waals surface area contributed by atoms with Crippen LogP contribution in [-0.2, 0) is 24.0 Å². The molecule has 2 fully saturated rings.